The smallest absolute Gasteiger partial charge is 0.415 e. The summed E-state index contributed by atoms with van der Waals surface area (Å²) < 4.78 is 31.3. The van der Waals surface area contributed by atoms with Crippen molar-refractivity contribution >= 4 is 23.4 Å². The number of rotatable bonds is 10. The molecule has 1 amide bonds. The van der Waals surface area contributed by atoms with Crippen molar-refractivity contribution in [3.63, 3.8) is 0 Å². The molecule has 2 aliphatic heterocycles. The van der Waals surface area contributed by atoms with E-state index < -0.39 is 17.5 Å². The Morgan fingerprint density at radius 1 is 1.05 bits per heavy atom. The van der Waals surface area contributed by atoms with Crippen molar-refractivity contribution in [2.75, 3.05) is 62.3 Å². The van der Waals surface area contributed by atoms with E-state index in [0.29, 0.717) is 17.9 Å². The van der Waals surface area contributed by atoms with E-state index in [4.69, 9.17) is 14.2 Å². The van der Waals surface area contributed by atoms with Crippen molar-refractivity contribution in [3.05, 3.63) is 58.9 Å². The maximum absolute atomic E-state index is 15.2. The molecule has 0 N–H and O–H groups in total. The van der Waals surface area contributed by atoms with E-state index in [1.165, 1.54) is 22.2 Å². The molecule has 1 fully saturated rings. The van der Waals surface area contributed by atoms with Crippen LogP contribution in [-0.2, 0) is 38.4 Å². The summed E-state index contributed by atoms with van der Waals surface area (Å²) in [5.74, 6) is -0.835. The first-order chi connectivity index (χ1) is 19.6. The van der Waals surface area contributed by atoms with Crippen LogP contribution in [-0.4, -0.2) is 75.1 Å². The fraction of sp³-hybridized carbons (Fsp3) is 0.562. The quantitative estimate of drug-likeness (QED) is 0.358. The minimum atomic E-state index is -0.709. The molecule has 41 heavy (non-hydrogen) atoms. The number of benzene rings is 2. The number of halogens is 1. The Kier molecular flexibility index (Phi) is 10.6. The van der Waals surface area contributed by atoms with Crippen molar-refractivity contribution in [3.8, 4) is 0 Å². The lowest BCUT2D eigenvalue weighted by Crippen LogP contribution is -2.42. The number of carbonyl (C=O) groups excluding carboxylic acids is 2. The molecule has 0 bridgehead atoms. The average molecular weight is 570 g/mol. The molecule has 4 rings (SSSR count). The number of aryl methyl sites for hydroxylation is 2. The van der Waals surface area contributed by atoms with Gasteiger partial charge >= 0.3 is 12.1 Å². The molecule has 224 valence electrons. The van der Waals surface area contributed by atoms with Gasteiger partial charge in [0, 0.05) is 44.8 Å². The summed E-state index contributed by atoms with van der Waals surface area (Å²) in [5.41, 5.74) is 3.54. The number of esters is 1. The van der Waals surface area contributed by atoms with Gasteiger partial charge in [-0.1, -0.05) is 18.2 Å². The molecule has 0 aromatic heterocycles. The van der Waals surface area contributed by atoms with E-state index in [2.05, 4.69) is 21.9 Å². The van der Waals surface area contributed by atoms with Gasteiger partial charge in [-0.25, -0.2) is 9.18 Å². The summed E-state index contributed by atoms with van der Waals surface area (Å²) in [6, 6.07) is 11.0. The summed E-state index contributed by atoms with van der Waals surface area (Å²) in [4.78, 5) is 31.5. The van der Waals surface area contributed by atoms with Crippen LogP contribution in [0.4, 0.5) is 20.6 Å². The van der Waals surface area contributed by atoms with Crippen LogP contribution in [0.1, 0.15) is 57.2 Å². The summed E-state index contributed by atoms with van der Waals surface area (Å²) in [6.07, 6.45) is 1.91. The Morgan fingerprint density at radius 2 is 1.83 bits per heavy atom. The zero-order valence-electron chi connectivity index (χ0n) is 24.9. The van der Waals surface area contributed by atoms with Gasteiger partial charge in [-0.15, -0.1) is 0 Å². The summed E-state index contributed by atoms with van der Waals surface area (Å²) in [7, 11) is 0. The molecule has 0 aliphatic carbocycles. The molecule has 1 saturated heterocycles. The fourth-order valence-corrected chi connectivity index (χ4v) is 5.25. The Balaban J connectivity index is 1.54. The second-order valence-corrected chi connectivity index (χ2v) is 11.7. The van der Waals surface area contributed by atoms with Crippen LogP contribution in [0, 0.1) is 5.82 Å². The Morgan fingerprint density at radius 3 is 2.54 bits per heavy atom. The molecule has 0 saturated carbocycles. The predicted octanol–water partition coefficient (Wildman–Crippen LogP) is 5.35. The minimum Gasteiger partial charge on any atom is -0.466 e. The third-order valence-corrected chi connectivity index (χ3v) is 7.36. The van der Waals surface area contributed by atoms with Crippen molar-refractivity contribution in [2.45, 2.75) is 65.5 Å². The molecular weight excluding hydrogens is 525 g/mol. The van der Waals surface area contributed by atoms with Gasteiger partial charge in [-0.05, 0) is 81.8 Å². The van der Waals surface area contributed by atoms with E-state index in [1.54, 1.807) is 19.1 Å². The van der Waals surface area contributed by atoms with Crippen molar-refractivity contribution in [1.82, 2.24) is 4.90 Å². The standard InChI is InChI=1S/C32H44FN3O5/c1-5-40-30(37)13-11-25-10-12-27(22-28(25)33)36(31(38)41-32(2,3)4)23-24-8-9-26-7-6-14-35(29(26)21-24)16-15-34-17-19-39-20-18-34/h8-10,12,21-22H,5-7,11,13-20,23H2,1-4H3. The van der Waals surface area contributed by atoms with Crippen LogP contribution in [0.5, 0.6) is 0 Å². The van der Waals surface area contributed by atoms with Crippen molar-refractivity contribution in [2.24, 2.45) is 0 Å². The highest BCUT2D eigenvalue weighted by Gasteiger charge is 2.26. The van der Waals surface area contributed by atoms with Crippen LogP contribution in [0.25, 0.3) is 0 Å². The van der Waals surface area contributed by atoms with Gasteiger partial charge < -0.3 is 19.1 Å². The number of ether oxygens (including phenoxy) is 3. The molecule has 8 nitrogen and oxygen atoms in total. The van der Waals surface area contributed by atoms with Crippen LogP contribution in [0.2, 0.25) is 0 Å². The highest BCUT2D eigenvalue weighted by molar-refractivity contribution is 5.88. The van der Waals surface area contributed by atoms with Gasteiger partial charge in [0.25, 0.3) is 0 Å². The van der Waals surface area contributed by atoms with Crippen LogP contribution < -0.4 is 9.80 Å². The summed E-state index contributed by atoms with van der Waals surface area (Å²) >= 11 is 0. The van der Waals surface area contributed by atoms with E-state index in [1.807, 2.05) is 26.8 Å². The number of amides is 1. The lowest BCUT2D eigenvalue weighted by Gasteiger charge is -2.35. The highest BCUT2D eigenvalue weighted by Crippen LogP contribution is 2.30. The Labute approximate surface area is 243 Å². The number of hydrogen-bond donors (Lipinski definition) is 0. The third-order valence-electron chi connectivity index (χ3n) is 7.36. The minimum absolute atomic E-state index is 0.0943. The topological polar surface area (TPSA) is 71.5 Å². The first kappa shape index (κ1) is 30.8. The molecule has 2 heterocycles. The number of hydrogen-bond acceptors (Lipinski definition) is 7. The number of anilines is 2. The SMILES string of the molecule is CCOC(=O)CCc1ccc(N(Cc2ccc3c(c2)N(CCN2CCOCC2)CCC3)C(=O)OC(C)(C)C)cc1F. The van der Waals surface area contributed by atoms with Gasteiger partial charge in [0.1, 0.15) is 11.4 Å². The van der Waals surface area contributed by atoms with Gasteiger partial charge in [-0.2, -0.15) is 0 Å². The fourth-order valence-electron chi connectivity index (χ4n) is 5.25. The number of nitrogens with zero attached hydrogens (tertiary/aromatic N) is 3. The van der Waals surface area contributed by atoms with Gasteiger partial charge in [0.2, 0.25) is 0 Å². The third kappa shape index (κ3) is 8.91. The molecule has 0 unspecified atom stereocenters. The average Bonchev–Trinajstić information content (AvgIpc) is 2.94. The lowest BCUT2D eigenvalue weighted by atomic mass is 9.99. The zero-order chi connectivity index (χ0) is 29.4. The molecule has 9 heteroatoms. The molecule has 0 atom stereocenters. The molecule has 0 radical (unpaired) electrons. The van der Waals surface area contributed by atoms with Crippen molar-refractivity contribution in [1.29, 1.82) is 0 Å². The van der Waals surface area contributed by atoms with E-state index in [9.17, 15) is 9.59 Å². The second kappa shape index (κ2) is 14.1. The van der Waals surface area contributed by atoms with Crippen LogP contribution in [0.3, 0.4) is 0 Å². The van der Waals surface area contributed by atoms with E-state index in [0.717, 1.165) is 64.3 Å². The lowest BCUT2D eigenvalue weighted by molar-refractivity contribution is -0.143. The maximum Gasteiger partial charge on any atom is 0.415 e. The maximum atomic E-state index is 15.2. The first-order valence-corrected chi connectivity index (χ1v) is 14.7. The highest BCUT2D eigenvalue weighted by atomic mass is 19.1. The van der Waals surface area contributed by atoms with Gasteiger partial charge in [0.15, 0.2) is 0 Å². The molecular formula is C32H44FN3O5. The largest absolute Gasteiger partial charge is 0.466 e. The Hall–Kier alpha value is -3.17. The van der Waals surface area contributed by atoms with E-state index in [-0.39, 0.29) is 25.4 Å². The number of morpholine rings is 1. The van der Waals surface area contributed by atoms with Crippen LogP contribution >= 0.6 is 0 Å². The van der Waals surface area contributed by atoms with Gasteiger partial charge in [0.05, 0.1) is 32.1 Å². The summed E-state index contributed by atoms with van der Waals surface area (Å²) in [6.45, 7) is 14.1. The molecule has 0 spiro atoms. The Bertz CT molecular complexity index is 1190. The zero-order valence-corrected chi connectivity index (χ0v) is 24.9. The van der Waals surface area contributed by atoms with Crippen molar-refractivity contribution < 1.29 is 28.2 Å². The number of fused-ring (bicyclic) bond motifs is 1. The molecule has 2 aliphatic rings. The normalized spacial score (nSPS) is 15.8. The van der Waals surface area contributed by atoms with Crippen LogP contribution in [0.15, 0.2) is 36.4 Å². The molecule has 2 aromatic carbocycles. The monoisotopic (exact) mass is 569 g/mol. The summed E-state index contributed by atoms with van der Waals surface area (Å²) in [5, 5.41) is 0. The van der Waals surface area contributed by atoms with E-state index >= 15 is 4.39 Å². The number of carbonyl (C=O) groups is 2. The molecule has 2 aromatic rings. The van der Waals surface area contributed by atoms with Gasteiger partial charge in [-0.3, -0.25) is 14.6 Å². The predicted molar refractivity (Wildman–Crippen MR) is 158 cm³/mol. The first-order valence-electron chi connectivity index (χ1n) is 14.7. The second-order valence-electron chi connectivity index (χ2n) is 11.7.